The average molecular weight is 384 g/mol. The molecule has 8 nitrogen and oxygen atoms in total. The number of benzene rings is 2. The third-order valence-corrected chi connectivity index (χ3v) is 4.62. The van der Waals surface area contributed by atoms with E-state index >= 15 is 0 Å². The Morgan fingerprint density at radius 3 is 2.50 bits per heavy atom. The molecular formula is C20H24N4O4. The van der Waals surface area contributed by atoms with Crippen LogP contribution in [0.4, 0.5) is 17.1 Å². The summed E-state index contributed by atoms with van der Waals surface area (Å²) in [4.78, 5) is 27.3. The minimum atomic E-state index is -0.356. The monoisotopic (exact) mass is 384 g/mol. The van der Waals surface area contributed by atoms with Crippen LogP contribution in [0, 0.1) is 10.1 Å². The summed E-state index contributed by atoms with van der Waals surface area (Å²) in [6, 6.07) is 14.1. The molecule has 1 saturated heterocycles. The highest BCUT2D eigenvalue weighted by Crippen LogP contribution is 2.28. The third-order valence-electron chi connectivity index (χ3n) is 4.62. The molecule has 1 amide bonds. The van der Waals surface area contributed by atoms with Crippen molar-refractivity contribution < 1.29 is 14.5 Å². The number of nitro groups is 1. The van der Waals surface area contributed by atoms with Crippen molar-refractivity contribution in [1.29, 1.82) is 0 Å². The van der Waals surface area contributed by atoms with Gasteiger partial charge in [0.1, 0.15) is 11.4 Å². The molecule has 28 heavy (non-hydrogen) atoms. The number of rotatable bonds is 7. The molecule has 1 heterocycles. The molecule has 0 unspecified atom stereocenters. The predicted molar refractivity (Wildman–Crippen MR) is 108 cm³/mol. The van der Waals surface area contributed by atoms with E-state index in [0.29, 0.717) is 49.9 Å². The topological polar surface area (TPSA) is 88.0 Å². The van der Waals surface area contributed by atoms with Crippen molar-refractivity contribution in [2.45, 2.75) is 6.92 Å². The van der Waals surface area contributed by atoms with Crippen molar-refractivity contribution >= 4 is 23.0 Å². The molecule has 1 N–H and O–H groups in total. The fraction of sp³-hybridized carbons (Fsp3) is 0.350. The quantitative estimate of drug-likeness (QED) is 0.583. The third kappa shape index (κ3) is 4.77. The van der Waals surface area contributed by atoms with Crippen molar-refractivity contribution in [2.75, 3.05) is 49.5 Å². The average Bonchev–Trinajstić information content (AvgIpc) is 2.70. The maximum atomic E-state index is 12.4. The van der Waals surface area contributed by atoms with Crippen LogP contribution in [0.5, 0.6) is 5.75 Å². The standard InChI is InChI=1S/C20H24N4O4/c1-2-28-19-10-6-3-7-16(19)21-20(25)15-22-11-13-23(14-12-22)17-8-4-5-9-18(17)24(26)27/h3-10H,2,11-15H2,1H3,(H,21,25). The molecule has 0 spiro atoms. The Bertz CT molecular complexity index is 834. The summed E-state index contributed by atoms with van der Waals surface area (Å²) in [6.07, 6.45) is 0. The largest absolute Gasteiger partial charge is 0.492 e. The van der Waals surface area contributed by atoms with Crippen molar-refractivity contribution in [1.82, 2.24) is 4.90 Å². The van der Waals surface area contributed by atoms with Crippen LogP contribution in [0.2, 0.25) is 0 Å². The van der Waals surface area contributed by atoms with Crippen LogP contribution in [0.25, 0.3) is 0 Å². The molecule has 1 aliphatic rings. The van der Waals surface area contributed by atoms with Gasteiger partial charge in [0.05, 0.1) is 23.8 Å². The van der Waals surface area contributed by atoms with Crippen LogP contribution in [0.3, 0.4) is 0 Å². The van der Waals surface area contributed by atoms with Gasteiger partial charge in [-0.3, -0.25) is 19.8 Å². The molecule has 0 saturated carbocycles. The van der Waals surface area contributed by atoms with E-state index in [1.807, 2.05) is 41.0 Å². The highest BCUT2D eigenvalue weighted by atomic mass is 16.6. The number of para-hydroxylation sites is 4. The van der Waals surface area contributed by atoms with E-state index in [2.05, 4.69) is 5.32 Å². The van der Waals surface area contributed by atoms with Gasteiger partial charge in [-0.25, -0.2) is 0 Å². The predicted octanol–water partition coefficient (Wildman–Crippen LogP) is 2.75. The lowest BCUT2D eigenvalue weighted by atomic mass is 10.2. The number of piperazine rings is 1. The molecule has 2 aromatic rings. The van der Waals surface area contributed by atoms with Crippen molar-refractivity contribution in [2.24, 2.45) is 0 Å². The summed E-state index contributed by atoms with van der Waals surface area (Å²) in [5.41, 5.74) is 1.40. The number of nitrogens with one attached hydrogen (secondary N) is 1. The van der Waals surface area contributed by atoms with Gasteiger partial charge in [-0.2, -0.15) is 0 Å². The van der Waals surface area contributed by atoms with Gasteiger partial charge in [0.2, 0.25) is 5.91 Å². The lowest BCUT2D eigenvalue weighted by molar-refractivity contribution is -0.384. The summed E-state index contributed by atoms with van der Waals surface area (Å²) in [5, 5.41) is 14.1. The minimum Gasteiger partial charge on any atom is -0.492 e. The van der Waals surface area contributed by atoms with Gasteiger partial charge >= 0.3 is 0 Å². The van der Waals surface area contributed by atoms with Crippen molar-refractivity contribution in [3.8, 4) is 5.75 Å². The molecular weight excluding hydrogens is 360 g/mol. The van der Waals surface area contributed by atoms with E-state index in [9.17, 15) is 14.9 Å². The Morgan fingerprint density at radius 1 is 1.11 bits per heavy atom. The Balaban J connectivity index is 1.55. The SMILES string of the molecule is CCOc1ccccc1NC(=O)CN1CCN(c2ccccc2[N+](=O)[O-])CC1. The molecule has 0 bridgehead atoms. The molecule has 1 aliphatic heterocycles. The highest BCUT2D eigenvalue weighted by molar-refractivity contribution is 5.93. The van der Waals surface area contributed by atoms with Crippen LogP contribution >= 0.6 is 0 Å². The van der Waals surface area contributed by atoms with Gasteiger partial charge < -0.3 is 15.0 Å². The number of ether oxygens (including phenoxy) is 1. The van der Waals surface area contributed by atoms with Gasteiger partial charge in [-0.05, 0) is 25.1 Å². The van der Waals surface area contributed by atoms with Crippen LogP contribution in [-0.2, 0) is 4.79 Å². The zero-order chi connectivity index (χ0) is 19.9. The molecule has 0 aliphatic carbocycles. The normalized spacial score (nSPS) is 14.5. The molecule has 1 fully saturated rings. The van der Waals surface area contributed by atoms with Gasteiger partial charge in [-0.15, -0.1) is 0 Å². The lowest BCUT2D eigenvalue weighted by Gasteiger charge is -2.35. The zero-order valence-corrected chi connectivity index (χ0v) is 15.8. The number of hydrogen-bond acceptors (Lipinski definition) is 6. The van der Waals surface area contributed by atoms with E-state index in [4.69, 9.17) is 4.74 Å². The minimum absolute atomic E-state index is 0.105. The lowest BCUT2D eigenvalue weighted by Crippen LogP contribution is -2.48. The number of anilines is 2. The van der Waals surface area contributed by atoms with E-state index in [-0.39, 0.29) is 23.1 Å². The first-order valence-electron chi connectivity index (χ1n) is 9.31. The number of nitrogens with zero attached hydrogens (tertiary/aromatic N) is 3. The summed E-state index contributed by atoms with van der Waals surface area (Å²) >= 11 is 0. The zero-order valence-electron chi connectivity index (χ0n) is 15.8. The maximum absolute atomic E-state index is 12.4. The summed E-state index contributed by atoms with van der Waals surface area (Å²) in [6.45, 7) is 5.28. The number of carbonyl (C=O) groups excluding carboxylic acids is 1. The van der Waals surface area contributed by atoms with Gasteiger partial charge in [-0.1, -0.05) is 24.3 Å². The summed E-state index contributed by atoms with van der Waals surface area (Å²) in [5.74, 6) is 0.547. The Hall–Kier alpha value is -3.13. The molecule has 3 rings (SSSR count). The summed E-state index contributed by atoms with van der Waals surface area (Å²) < 4.78 is 5.53. The number of hydrogen-bond donors (Lipinski definition) is 1. The second kappa shape index (κ2) is 9.18. The first-order valence-corrected chi connectivity index (χ1v) is 9.31. The molecule has 0 aromatic heterocycles. The summed E-state index contributed by atoms with van der Waals surface area (Å²) in [7, 11) is 0. The van der Waals surface area contributed by atoms with Gasteiger partial charge in [0, 0.05) is 32.2 Å². The first kappa shape index (κ1) is 19.6. The van der Waals surface area contributed by atoms with E-state index in [1.165, 1.54) is 6.07 Å². The maximum Gasteiger partial charge on any atom is 0.292 e. The Labute approximate surface area is 163 Å². The Morgan fingerprint density at radius 2 is 1.79 bits per heavy atom. The number of carbonyl (C=O) groups is 1. The molecule has 148 valence electrons. The van der Waals surface area contributed by atoms with Crippen LogP contribution in [-0.4, -0.2) is 55.1 Å². The molecule has 0 radical (unpaired) electrons. The van der Waals surface area contributed by atoms with E-state index in [0.717, 1.165) is 0 Å². The Kier molecular flexibility index (Phi) is 6.44. The van der Waals surface area contributed by atoms with Gasteiger partial charge in [0.15, 0.2) is 0 Å². The second-order valence-electron chi connectivity index (χ2n) is 6.49. The van der Waals surface area contributed by atoms with Crippen LogP contribution < -0.4 is 15.0 Å². The number of amides is 1. The van der Waals surface area contributed by atoms with Crippen LogP contribution in [0.1, 0.15) is 6.92 Å². The fourth-order valence-electron chi connectivity index (χ4n) is 3.28. The molecule has 8 heteroatoms. The fourth-order valence-corrected chi connectivity index (χ4v) is 3.28. The van der Waals surface area contributed by atoms with Crippen molar-refractivity contribution in [3.63, 3.8) is 0 Å². The molecule has 2 aromatic carbocycles. The highest BCUT2D eigenvalue weighted by Gasteiger charge is 2.24. The van der Waals surface area contributed by atoms with E-state index < -0.39 is 0 Å². The second-order valence-corrected chi connectivity index (χ2v) is 6.49. The first-order chi connectivity index (χ1) is 13.6. The van der Waals surface area contributed by atoms with Crippen LogP contribution in [0.15, 0.2) is 48.5 Å². The van der Waals surface area contributed by atoms with E-state index in [1.54, 1.807) is 18.2 Å². The van der Waals surface area contributed by atoms with Crippen molar-refractivity contribution in [3.05, 3.63) is 58.6 Å². The van der Waals surface area contributed by atoms with Gasteiger partial charge in [0.25, 0.3) is 5.69 Å². The number of nitro benzene ring substituents is 1. The smallest absolute Gasteiger partial charge is 0.292 e. The molecule has 0 atom stereocenters.